The Morgan fingerprint density at radius 2 is 1.84 bits per heavy atom. The number of amides is 2. The van der Waals surface area contributed by atoms with E-state index in [9.17, 15) is 4.79 Å². The molecule has 2 aromatic rings. The van der Waals surface area contributed by atoms with E-state index in [-0.39, 0.29) is 12.1 Å². The zero-order valence-electron chi connectivity index (χ0n) is 11.3. The minimum atomic E-state index is -0.294. The number of aryl methyl sites for hydroxylation is 1. The van der Waals surface area contributed by atoms with E-state index >= 15 is 0 Å². The van der Waals surface area contributed by atoms with Gasteiger partial charge < -0.3 is 5.32 Å². The highest BCUT2D eigenvalue weighted by Crippen LogP contribution is 2.11. The van der Waals surface area contributed by atoms with Crippen molar-refractivity contribution >= 4 is 17.5 Å². The number of carbonyl (C=O) groups excluding carboxylic acids is 1. The molecule has 0 atom stereocenters. The van der Waals surface area contributed by atoms with Crippen LogP contribution in [0.4, 0.5) is 16.3 Å². The fourth-order valence-electron chi connectivity index (χ4n) is 1.61. The van der Waals surface area contributed by atoms with E-state index in [0.717, 1.165) is 11.3 Å². The lowest BCUT2D eigenvalue weighted by Crippen LogP contribution is -2.19. The van der Waals surface area contributed by atoms with Crippen LogP contribution in [0.25, 0.3) is 0 Å². The highest BCUT2D eigenvalue weighted by Gasteiger charge is 2.06. The number of aromatic nitrogens is 2. The summed E-state index contributed by atoms with van der Waals surface area (Å²) in [6.07, 6.45) is 1.84. The van der Waals surface area contributed by atoms with Crippen molar-refractivity contribution in [3.8, 4) is 0 Å². The SMILES string of the molecule is Cc1ccc(NC(=O)Nc2ccn(C(C)C)n2)cc1. The fraction of sp³-hybridized carbons (Fsp3) is 0.286. The third-order valence-corrected chi connectivity index (χ3v) is 2.69. The Labute approximate surface area is 112 Å². The van der Waals surface area contributed by atoms with Crippen molar-refractivity contribution in [1.82, 2.24) is 9.78 Å². The number of urea groups is 1. The average molecular weight is 258 g/mol. The lowest BCUT2D eigenvalue weighted by atomic mass is 10.2. The molecule has 2 N–H and O–H groups in total. The standard InChI is InChI=1S/C14H18N4O/c1-10(2)18-9-8-13(17-18)16-14(19)15-12-6-4-11(3)5-7-12/h4-10H,1-3H3,(H2,15,16,17,19). The molecule has 5 nitrogen and oxygen atoms in total. The van der Waals surface area contributed by atoms with Gasteiger partial charge in [0.15, 0.2) is 5.82 Å². The molecule has 0 aliphatic heterocycles. The van der Waals surface area contributed by atoms with Crippen molar-refractivity contribution in [2.24, 2.45) is 0 Å². The monoisotopic (exact) mass is 258 g/mol. The van der Waals surface area contributed by atoms with E-state index in [1.165, 1.54) is 0 Å². The van der Waals surface area contributed by atoms with Gasteiger partial charge in [-0.2, -0.15) is 5.10 Å². The minimum absolute atomic E-state index is 0.274. The van der Waals surface area contributed by atoms with Crippen molar-refractivity contribution in [2.45, 2.75) is 26.8 Å². The Morgan fingerprint density at radius 3 is 2.42 bits per heavy atom. The van der Waals surface area contributed by atoms with Crippen LogP contribution in [0.5, 0.6) is 0 Å². The van der Waals surface area contributed by atoms with E-state index in [2.05, 4.69) is 15.7 Å². The molecule has 5 heteroatoms. The van der Waals surface area contributed by atoms with Gasteiger partial charge in [0.2, 0.25) is 0 Å². The molecule has 0 spiro atoms. The van der Waals surface area contributed by atoms with Gasteiger partial charge >= 0.3 is 6.03 Å². The lowest BCUT2D eigenvalue weighted by molar-refractivity contribution is 0.262. The molecule has 1 aromatic carbocycles. The van der Waals surface area contributed by atoms with Gasteiger partial charge in [-0.3, -0.25) is 10.00 Å². The quantitative estimate of drug-likeness (QED) is 0.886. The van der Waals surface area contributed by atoms with Crippen molar-refractivity contribution in [3.05, 3.63) is 42.1 Å². The maximum Gasteiger partial charge on any atom is 0.324 e. The third kappa shape index (κ3) is 3.58. The molecule has 1 aromatic heterocycles. The van der Waals surface area contributed by atoms with Gasteiger partial charge in [-0.1, -0.05) is 17.7 Å². The Bertz CT molecular complexity index is 557. The van der Waals surface area contributed by atoms with Crippen LogP contribution in [0.1, 0.15) is 25.5 Å². The maximum absolute atomic E-state index is 11.8. The molecule has 0 radical (unpaired) electrons. The largest absolute Gasteiger partial charge is 0.324 e. The van der Waals surface area contributed by atoms with Gasteiger partial charge in [0.05, 0.1) is 0 Å². The molecule has 0 bridgehead atoms. The van der Waals surface area contributed by atoms with Crippen LogP contribution in [0, 0.1) is 6.92 Å². The second kappa shape index (κ2) is 5.56. The fourth-order valence-corrected chi connectivity index (χ4v) is 1.61. The first-order valence-corrected chi connectivity index (χ1v) is 6.24. The number of hydrogen-bond acceptors (Lipinski definition) is 2. The summed E-state index contributed by atoms with van der Waals surface area (Å²) in [6.45, 7) is 6.06. The second-order valence-corrected chi connectivity index (χ2v) is 4.72. The minimum Gasteiger partial charge on any atom is -0.308 e. The van der Waals surface area contributed by atoms with Gasteiger partial charge in [0.1, 0.15) is 0 Å². The molecule has 0 aliphatic carbocycles. The van der Waals surface area contributed by atoms with Crippen LogP contribution in [-0.4, -0.2) is 15.8 Å². The highest BCUT2D eigenvalue weighted by molar-refractivity contribution is 5.99. The van der Waals surface area contributed by atoms with E-state index in [1.807, 2.05) is 51.2 Å². The van der Waals surface area contributed by atoms with Crippen molar-refractivity contribution in [2.75, 3.05) is 10.6 Å². The zero-order chi connectivity index (χ0) is 13.8. The summed E-state index contributed by atoms with van der Waals surface area (Å²) >= 11 is 0. The molecular weight excluding hydrogens is 240 g/mol. The number of hydrogen-bond donors (Lipinski definition) is 2. The number of benzene rings is 1. The smallest absolute Gasteiger partial charge is 0.308 e. The maximum atomic E-state index is 11.8. The first kappa shape index (κ1) is 13.1. The van der Waals surface area contributed by atoms with Crippen molar-refractivity contribution in [1.29, 1.82) is 0 Å². The van der Waals surface area contributed by atoms with E-state index in [4.69, 9.17) is 0 Å². The van der Waals surface area contributed by atoms with Crippen LogP contribution in [0.3, 0.4) is 0 Å². The molecule has 0 fully saturated rings. The molecule has 19 heavy (non-hydrogen) atoms. The van der Waals surface area contributed by atoms with Gasteiger partial charge in [0, 0.05) is 24.0 Å². The van der Waals surface area contributed by atoms with Crippen LogP contribution in [-0.2, 0) is 0 Å². The lowest BCUT2D eigenvalue weighted by Gasteiger charge is -2.06. The topological polar surface area (TPSA) is 59.0 Å². The van der Waals surface area contributed by atoms with Gasteiger partial charge in [0.25, 0.3) is 0 Å². The molecule has 0 aliphatic rings. The van der Waals surface area contributed by atoms with E-state index < -0.39 is 0 Å². The number of nitrogens with one attached hydrogen (secondary N) is 2. The average Bonchev–Trinajstić information content (AvgIpc) is 2.80. The molecule has 0 saturated heterocycles. The number of rotatable bonds is 3. The summed E-state index contributed by atoms with van der Waals surface area (Å²) < 4.78 is 1.79. The number of nitrogens with zero attached hydrogens (tertiary/aromatic N) is 2. The Morgan fingerprint density at radius 1 is 1.16 bits per heavy atom. The molecule has 1 heterocycles. The van der Waals surface area contributed by atoms with Crippen LogP contribution in [0.2, 0.25) is 0 Å². The summed E-state index contributed by atoms with van der Waals surface area (Å²) in [6, 6.07) is 9.37. The predicted octanol–water partition coefficient (Wildman–Crippen LogP) is 3.42. The van der Waals surface area contributed by atoms with E-state index in [1.54, 1.807) is 10.7 Å². The predicted molar refractivity (Wildman–Crippen MR) is 76.4 cm³/mol. The van der Waals surface area contributed by atoms with Crippen LogP contribution >= 0.6 is 0 Å². The van der Waals surface area contributed by atoms with Crippen LogP contribution in [0.15, 0.2) is 36.5 Å². The normalized spacial score (nSPS) is 10.5. The Balaban J connectivity index is 1.95. The van der Waals surface area contributed by atoms with Gasteiger partial charge in [-0.15, -0.1) is 0 Å². The van der Waals surface area contributed by atoms with Crippen molar-refractivity contribution < 1.29 is 4.79 Å². The van der Waals surface area contributed by atoms with Crippen LogP contribution < -0.4 is 10.6 Å². The summed E-state index contributed by atoms with van der Waals surface area (Å²) in [5, 5.41) is 9.71. The second-order valence-electron chi connectivity index (χ2n) is 4.72. The summed E-state index contributed by atoms with van der Waals surface area (Å²) in [4.78, 5) is 11.8. The van der Waals surface area contributed by atoms with Gasteiger partial charge in [-0.25, -0.2) is 4.79 Å². The Kier molecular flexibility index (Phi) is 3.85. The molecular formula is C14H18N4O. The molecule has 0 saturated carbocycles. The van der Waals surface area contributed by atoms with Crippen molar-refractivity contribution in [3.63, 3.8) is 0 Å². The summed E-state index contributed by atoms with van der Waals surface area (Å²) in [5.41, 5.74) is 1.91. The number of carbonyl (C=O) groups is 1. The van der Waals surface area contributed by atoms with E-state index in [0.29, 0.717) is 5.82 Å². The Hall–Kier alpha value is -2.30. The number of anilines is 2. The first-order valence-electron chi connectivity index (χ1n) is 6.24. The summed E-state index contributed by atoms with van der Waals surface area (Å²) in [5.74, 6) is 0.540. The summed E-state index contributed by atoms with van der Waals surface area (Å²) in [7, 11) is 0. The van der Waals surface area contributed by atoms with Gasteiger partial charge in [-0.05, 0) is 32.9 Å². The molecule has 100 valence electrons. The zero-order valence-corrected chi connectivity index (χ0v) is 11.3. The first-order chi connectivity index (χ1) is 9.04. The highest BCUT2D eigenvalue weighted by atomic mass is 16.2. The third-order valence-electron chi connectivity index (χ3n) is 2.69. The molecule has 2 amide bonds. The molecule has 0 unspecified atom stereocenters. The molecule has 2 rings (SSSR count).